The third-order valence-electron chi connectivity index (χ3n) is 0.604. The van der Waals surface area contributed by atoms with E-state index in [1.54, 1.807) is 0 Å². The first kappa shape index (κ1) is 36.1. The van der Waals surface area contributed by atoms with Gasteiger partial charge in [-0.15, -0.1) is 0 Å². The number of hydrogen-bond donors (Lipinski definition) is 0. The van der Waals surface area contributed by atoms with Crippen molar-refractivity contribution in [3.05, 3.63) is 6.23 Å². The Kier molecular flexibility index (Phi) is 24.6. The number of rotatable bonds is 3. The fourth-order valence-corrected chi connectivity index (χ4v) is 1.00. The van der Waals surface area contributed by atoms with E-state index in [2.05, 4.69) is 19.6 Å². The number of halogens is 12. The van der Waals surface area contributed by atoms with Crippen molar-refractivity contribution in [2.45, 2.75) is 26.6 Å². The molecule has 146 valence electrons. The number of ether oxygens (including phenoxy) is 1. The standard InChI is InChI=1S/C6H15OSi.3BF4.K/c1-5-7-6-8(2,3)4;3*2-1(3,4)5;/h6H,5H2,1-4H3;;;;/q4*-1;+1. The molecule has 18 heteroatoms. The topological polar surface area (TPSA) is 9.23 Å². The Morgan fingerprint density at radius 3 is 0.875 bits per heavy atom. The van der Waals surface area contributed by atoms with Crippen LogP contribution < -0.4 is 51.4 Å². The maximum absolute atomic E-state index is 9.75. The zero-order chi connectivity index (χ0) is 20.1. The minimum Gasteiger partial charge on any atom is -0.554 e. The van der Waals surface area contributed by atoms with Gasteiger partial charge in [-0.3, -0.25) is 0 Å². The molecule has 0 atom stereocenters. The third kappa shape index (κ3) is 299. The van der Waals surface area contributed by atoms with Crippen LogP contribution in [-0.2, 0) is 4.74 Å². The molecule has 0 aromatic heterocycles. The minimum atomic E-state index is -6.00. The molecule has 0 amide bonds. The summed E-state index contributed by atoms with van der Waals surface area (Å²) < 4.78 is 122. The molecule has 0 N–H and O–H groups in total. The van der Waals surface area contributed by atoms with E-state index in [1.807, 2.05) is 13.2 Å². The van der Waals surface area contributed by atoms with E-state index in [-0.39, 0.29) is 51.4 Å². The van der Waals surface area contributed by atoms with Gasteiger partial charge in [-0.2, -0.15) is 0 Å². The fourth-order valence-electron chi connectivity index (χ4n) is 0.333. The molecule has 0 aliphatic rings. The average molecular weight is 431 g/mol. The van der Waals surface area contributed by atoms with Gasteiger partial charge in [0.15, 0.2) is 0 Å². The van der Waals surface area contributed by atoms with Gasteiger partial charge in [0.05, 0.1) is 0 Å². The van der Waals surface area contributed by atoms with E-state index in [9.17, 15) is 51.8 Å². The molecule has 0 aliphatic carbocycles. The summed E-state index contributed by atoms with van der Waals surface area (Å²) in [6.07, 6.45) is 2.01. The normalized spacial score (nSPS) is 11.5. The number of hydrogen-bond acceptors (Lipinski definition) is 1. The maximum atomic E-state index is 9.75. The summed E-state index contributed by atoms with van der Waals surface area (Å²) in [5.74, 6) is 0. The SMILES string of the molecule is CCO[CH-][Si](C)(C)C.F[B-](F)(F)F.F[B-](F)(F)F.F[B-](F)(F)F.[K+]. The third-order valence-corrected chi connectivity index (χ3v) is 1.48. The quantitative estimate of drug-likeness (QED) is 0.380. The molecule has 0 fully saturated rings. The molecule has 0 rings (SSSR count). The van der Waals surface area contributed by atoms with Crippen LogP contribution in [-0.4, -0.2) is 36.4 Å². The predicted molar refractivity (Wildman–Crippen MR) is 69.8 cm³/mol. The Morgan fingerprint density at radius 2 is 0.833 bits per heavy atom. The minimum absolute atomic E-state index is 0. The first-order valence-corrected chi connectivity index (χ1v) is 9.22. The molecule has 24 heavy (non-hydrogen) atoms. The molecule has 0 aromatic carbocycles. The Hall–Kier alpha value is 1.17. The van der Waals surface area contributed by atoms with Crippen LogP contribution in [0.25, 0.3) is 0 Å². The summed E-state index contributed by atoms with van der Waals surface area (Å²) in [6, 6.07) is 0. The zero-order valence-electron chi connectivity index (χ0n) is 13.5. The van der Waals surface area contributed by atoms with Crippen LogP contribution in [0.4, 0.5) is 51.8 Å². The molecule has 1 nitrogen and oxygen atoms in total. The summed E-state index contributed by atoms with van der Waals surface area (Å²) in [5, 5.41) is 0. The first-order chi connectivity index (χ1) is 9.56. The Bertz CT molecular complexity index is 219. The van der Waals surface area contributed by atoms with Gasteiger partial charge in [0.25, 0.3) is 0 Å². The van der Waals surface area contributed by atoms with Crippen LogP contribution in [0.3, 0.4) is 0 Å². The summed E-state index contributed by atoms with van der Waals surface area (Å²) >= 11 is 0. The second kappa shape index (κ2) is 16.3. The van der Waals surface area contributed by atoms with Crippen LogP contribution in [0.2, 0.25) is 19.6 Å². The van der Waals surface area contributed by atoms with Crippen molar-refractivity contribution in [1.82, 2.24) is 0 Å². The van der Waals surface area contributed by atoms with Gasteiger partial charge >= 0.3 is 73.1 Å². The Morgan fingerprint density at radius 1 is 0.667 bits per heavy atom. The van der Waals surface area contributed by atoms with Crippen LogP contribution >= 0.6 is 0 Å². The van der Waals surface area contributed by atoms with Crippen LogP contribution in [0.5, 0.6) is 0 Å². The molecule has 0 heterocycles. The van der Waals surface area contributed by atoms with Gasteiger partial charge in [-0.05, 0) is 6.92 Å². The smallest absolute Gasteiger partial charge is 0.554 e. The molecule has 0 bridgehead atoms. The molecule has 0 radical (unpaired) electrons. The van der Waals surface area contributed by atoms with Crippen molar-refractivity contribution in [3.8, 4) is 0 Å². The molecule has 0 saturated heterocycles. The summed E-state index contributed by atoms with van der Waals surface area (Å²) in [6.45, 7) is 9.58. The summed E-state index contributed by atoms with van der Waals surface area (Å²) in [5.41, 5.74) is 0. The molecular formula is C6H15B3F12KOSi-3. The van der Waals surface area contributed by atoms with Gasteiger partial charge in [0, 0.05) is 6.61 Å². The molecule has 0 saturated carbocycles. The molecule has 0 spiro atoms. The molecule has 0 unspecified atom stereocenters. The molecule has 0 aliphatic heterocycles. The van der Waals surface area contributed by atoms with Gasteiger partial charge in [-0.25, -0.2) is 6.23 Å². The van der Waals surface area contributed by atoms with Gasteiger partial charge in [0.2, 0.25) is 0 Å². The van der Waals surface area contributed by atoms with Crippen molar-refractivity contribution in [1.29, 1.82) is 0 Å². The second-order valence-corrected chi connectivity index (χ2v) is 9.39. The Balaban J connectivity index is -0.0000000677. The van der Waals surface area contributed by atoms with Crippen molar-refractivity contribution in [2.24, 2.45) is 0 Å². The van der Waals surface area contributed by atoms with Gasteiger partial charge < -0.3 is 56.5 Å². The van der Waals surface area contributed by atoms with E-state index >= 15 is 0 Å². The fraction of sp³-hybridized carbons (Fsp3) is 0.833. The second-order valence-electron chi connectivity index (χ2n) is 4.42. The van der Waals surface area contributed by atoms with E-state index in [0.717, 1.165) is 6.61 Å². The van der Waals surface area contributed by atoms with Gasteiger partial charge in [-0.1, -0.05) is 27.7 Å². The van der Waals surface area contributed by atoms with Crippen molar-refractivity contribution in [2.75, 3.05) is 6.61 Å². The van der Waals surface area contributed by atoms with Crippen molar-refractivity contribution < 1.29 is 108 Å². The average Bonchev–Trinajstić information content (AvgIpc) is 2.04. The predicted octanol–water partition coefficient (Wildman–Crippen LogP) is 2.97. The summed E-state index contributed by atoms with van der Waals surface area (Å²) in [7, 11) is -19.0. The first-order valence-electron chi connectivity index (χ1n) is 5.64. The van der Waals surface area contributed by atoms with Crippen molar-refractivity contribution in [3.63, 3.8) is 0 Å². The monoisotopic (exact) mass is 431 g/mol. The summed E-state index contributed by atoms with van der Waals surface area (Å²) in [4.78, 5) is 0. The van der Waals surface area contributed by atoms with E-state index in [1.165, 1.54) is 0 Å². The zero-order valence-corrected chi connectivity index (χ0v) is 17.6. The van der Waals surface area contributed by atoms with Crippen molar-refractivity contribution >= 4 is 29.8 Å². The van der Waals surface area contributed by atoms with E-state index in [0.29, 0.717) is 0 Å². The van der Waals surface area contributed by atoms with E-state index in [4.69, 9.17) is 4.74 Å². The van der Waals surface area contributed by atoms with Gasteiger partial charge in [0.1, 0.15) is 0 Å². The van der Waals surface area contributed by atoms with E-state index < -0.39 is 29.8 Å². The largest absolute Gasteiger partial charge is 1.00 e. The molecular weight excluding hydrogens is 416 g/mol. The molecule has 0 aromatic rings. The van der Waals surface area contributed by atoms with Crippen LogP contribution in [0, 0.1) is 6.23 Å². The van der Waals surface area contributed by atoms with Crippen LogP contribution in [0.15, 0.2) is 0 Å². The Labute approximate surface area is 176 Å². The van der Waals surface area contributed by atoms with Crippen LogP contribution in [0.1, 0.15) is 6.92 Å². The maximum Gasteiger partial charge on any atom is 1.00 e.